The van der Waals surface area contributed by atoms with Gasteiger partial charge in [-0.25, -0.2) is 14.4 Å². The maximum Gasteiger partial charge on any atom is 0.253 e. The zero-order valence-corrected chi connectivity index (χ0v) is 15.6. The number of hydrogen-bond acceptors (Lipinski definition) is 5. The number of para-hydroxylation sites is 1. The molecule has 144 valence electrons. The van der Waals surface area contributed by atoms with Crippen LogP contribution in [0, 0.1) is 12.7 Å². The Morgan fingerprint density at radius 2 is 1.96 bits per heavy atom. The van der Waals surface area contributed by atoms with Gasteiger partial charge in [0, 0.05) is 29.9 Å². The largest absolute Gasteiger partial charge is 0.378 e. The summed E-state index contributed by atoms with van der Waals surface area (Å²) in [5.74, 6) is -0.274. The number of fused-ring (bicyclic) bond motifs is 1. The molecule has 1 aliphatic heterocycles. The predicted octanol–water partition coefficient (Wildman–Crippen LogP) is 2.84. The van der Waals surface area contributed by atoms with Gasteiger partial charge in [-0.2, -0.15) is 0 Å². The van der Waals surface area contributed by atoms with Crippen molar-refractivity contribution < 1.29 is 13.9 Å². The van der Waals surface area contributed by atoms with Crippen LogP contribution < -0.4 is 10.2 Å². The van der Waals surface area contributed by atoms with Crippen molar-refractivity contribution in [3.63, 3.8) is 0 Å². The summed E-state index contributed by atoms with van der Waals surface area (Å²) in [6.07, 6.45) is 0. The van der Waals surface area contributed by atoms with Crippen LogP contribution in [0.15, 0.2) is 42.5 Å². The Balaban J connectivity index is 1.55. The highest BCUT2D eigenvalue weighted by Gasteiger charge is 2.20. The quantitative estimate of drug-likeness (QED) is 0.754. The Hall–Kier alpha value is -3.06. The molecule has 4 rings (SSSR count). The van der Waals surface area contributed by atoms with Gasteiger partial charge >= 0.3 is 0 Å². The van der Waals surface area contributed by atoms with Crippen LogP contribution >= 0.6 is 0 Å². The smallest absolute Gasteiger partial charge is 0.253 e. The number of aryl methyl sites for hydroxylation is 1. The summed E-state index contributed by atoms with van der Waals surface area (Å²) in [4.78, 5) is 23.8. The molecule has 0 radical (unpaired) electrons. The summed E-state index contributed by atoms with van der Waals surface area (Å²) in [5, 5.41) is 3.81. The SMILES string of the molecule is Cc1nc(CNC(=O)c2cc(F)ccc2N2CCOCC2)nc2ccccc12. The van der Waals surface area contributed by atoms with Crippen molar-refractivity contribution in [1.29, 1.82) is 0 Å². The molecule has 2 aromatic carbocycles. The first kappa shape index (κ1) is 18.3. The lowest BCUT2D eigenvalue weighted by atomic mass is 10.1. The summed E-state index contributed by atoms with van der Waals surface area (Å²) in [5.41, 5.74) is 2.70. The summed E-state index contributed by atoms with van der Waals surface area (Å²) in [6, 6.07) is 12.0. The second-order valence-corrected chi connectivity index (χ2v) is 6.69. The fraction of sp³-hybridized carbons (Fsp3) is 0.286. The van der Waals surface area contributed by atoms with Crippen molar-refractivity contribution >= 4 is 22.5 Å². The number of hydrogen-bond donors (Lipinski definition) is 1. The number of aromatic nitrogens is 2. The molecule has 0 atom stereocenters. The van der Waals surface area contributed by atoms with E-state index in [1.807, 2.05) is 36.1 Å². The van der Waals surface area contributed by atoms with E-state index in [-0.39, 0.29) is 12.5 Å². The summed E-state index contributed by atoms with van der Waals surface area (Å²) in [7, 11) is 0. The van der Waals surface area contributed by atoms with Crippen LogP contribution in [0.4, 0.5) is 10.1 Å². The van der Waals surface area contributed by atoms with Crippen molar-refractivity contribution in [2.75, 3.05) is 31.2 Å². The number of rotatable bonds is 4. The van der Waals surface area contributed by atoms with Gasteiger partial charge in [-0.3, -0.25) is 4.79 Å². The minimum atomic E-state index is -0.444. The third kappa shape index (κ3) is 3.80. The van der Waals surface area contributed by atoms with E-state index in [4.69, 9.17) is 4.74 Å². The number of carbonyl (C=O) groups is 1. The molecular formula is C21H21FN4O2. The second-order valence-electron chi connectivity index (χ2n) is 6.69. The first-order chi connectivity index (χ1) is 13.6. The van der Waals surface area contributed by atoms with Gasteiger partial charge in [-0.1, -0.05) is 18.2 Å². The number of halogens is 1. The Bertz CT molecular complexity index is 1020. The average Bonchev–Trinajstić information content (AvgIpc) is 2.72. The van der Waals surface area contributed by atoms with Crippen LogP contribution in [0.5, 0.6) is 0 Å². The summed E-state index contributed by atoms with van der Waals surface area (Å²) in [6.45, 7) is 4.59. The minimum absolute atomic E-state index is 0.170. The van der Waals surface area contributed by atoms with Gasteiger partial charge in [0.05, 0.1) is 30.8 Å². The van der Waals surface area contributed by atoms with Gasteiger partial charge in [0.25, 0.3) is 5.91 Å². The van der Waals surface area contributed by atoms with E-state index in [1.165, 1.54) is 12.1 Å². The van der Waals surface area contributed by atoms with Gasteiger partial charge in [-0.15, -0.1) is 0 Å². The first-order valence-corrected chi connectivity index (χ1v) is 9.24. The molecule has 0 spiro atoms. The number of ether oxygens (including phenoxy) is 1. The van der Waals surface area contributed by atoms with E-state index in [0.717, 1.165) is 16.6 Å². The second kappa shape index (κ2) is 7.90. The molecular weight excluding hydrogens is 359 g/mol. The maximum atomic E-state index is 13.8. The predicted molar refractivity (Wildman–Crippen MR) is 105 cm³/mol. The van der Waals surface area contributed by atoms with Gasteiger partial charge < -0.3 is 15.0 Å². The molecule has 28 heavy (non-hydrogen) atoms. The number of carbonyl (C=O) groups excluding carboxylic acids is 1. The third-order valence-electron chi connectivity index (χ3n) is 4.80. The zero-order valence-electron chi connectivity index (χ0n) is 15.6. The molecule has 0 unspecified atom stereocenters. The van der Waals surface area contributed by atoms with Gasteiger partial charge in [-0.05, 0) is 31.2 Å². The van der Waals surface area contributed by atoms with E-state index >= 15 is 0 Å². The molecule has 6 nitrogen and oxygen atoms in total. The maximum absolute atomic E-state index is 13.8. The van der Waals surface area contributed by atoms with E-state index < -0.39 is 5.82 Å². The molecule has 1 aromatic heterocycles. The number of benzene rings is 2. The van der Waals surface area contributed by atoms with Crippen LogP contribution in [0.25, 0.3) is 10.9 Å². The van der Waals surface area contributed by atoms with Gasteiger partial charge in [0.15, 0.2) is 0 Å². The van der Waals surface area contributed by atoms with Gasteiger partial charge in [0.1, 0.15) is 11.6 Å². The van der Waals surface area contributed by atoms with Crippen LogP contribution in [-0.4, -0.2) is 42.2 Å². The van der Waals surface area contributed by atoms with E-state index in [0.29, 0.717) is 43.4 Å². The fourth-order valence-corrected chi connectivity index (χ4v) is 3.40. The molecule has 0 saturated carbocycles. The lowest BCUT2D eigenvalue weighted by molar-refractivity contribution is 0.0948. The van der Waals surface area contributed by atoms with Crippen molar-refractivity contribution in [2.45, 2.75) is 13.5 Å². The molecule has 0 aliphatic carbocycles. The van der Waals surface area contributed by atoms with Crippen molar-refractivity contribution in [3.8, 4) is 0 Å². The van der Waals surface area contributed by atoms with E-state index in [2.05, 4.69) is 15.3 Å². The normalized spacial score (nSPS) is 14.3. The van der Waals surface area contributed by atoms with Crippen LogP contribution in [0.2, 0.25) is 0 Å². The molecule has 1 amide bonds. The van der Waals surface area contributed by atoms with Crippen molar-refractivity contribution in [2.24, 2.45) is 0 Å². The highest BCUT2D eigenvalue weighted by Crippen LogP contribution is 2.23. The first-order valence-electron chi connectivity index (χ1n) is 9.24. The number of nitrogens with zero attached hydrogens (tertiary/aromatic N) is 3. The highest BCUT2D eigenvalue weighted by molar-refractivity contribution is 5.99. The fourth-order valence-electron chi connectivity index (χ4n) is 3.40. The van der Waals surface area contributed by atoms with E-state index in [9.17, 15) is 9.18 Å². The highest BCUT2D eigenvalue weighted by atomic mass is 19.1. The average molecular weight is 380 g/mol. The molecule has 3 aromatic rings. The van der Waals surface area contributed by atoms with Crippen molar-refractivity contribution in [3.05, 3.63) is 65.4 Å². The Morgan fingerprint density at radius 1 is 1.18 bits per heavy atom. The summed E-state index contributed by atoms with van der Waals surface area (Å²) < 4.78 is 19.2. The van der Waals surface area contributed by atoms with Crippen LogP contribution in [0.1, 0.15) is 21.9 Å². The number of nitrogens with one attached hydrogen (secondary N) is 1. The van der Waals surface area contributed by atoms with Gasteiger partial charge in [0.2, 0.25) is 0 Å². The topological polar surface area (TPSA) is 67.4 Å². The standard InChI is InChI=1S/C21H21FN4O2/c1-14-16-4-2-3-5-18(16)25-20(24-14)13-23-21(27)17-12-15(22)6-7-19(17)26-8-10-28-11-9-26/h2-7,12H,8-11,13H2,1H3,(H,23,27). The third-order valence-corrected chi connectivity index (χ3v) is 4.80. The molecule has 1 aliphatic rings. The monoisotopic (exact) mass is 380 g/mol. The van der Waals surface area contributed by atoms with Crippen LogP contribution in [-0.2, 0) is 11.3 Å². The Labute approximate surface area is 162 Å². The Kier molecular flexibility index (Phi) is 5.16. The molecule has 7 heteroatoms. The van der Waals surface area contributed by atoms with Crippen LogP contribution in [0.3, 0.4) is 0 Å². The Morgan fingerprint density at radius 3 is 2.79 bits per heavy atom. The van der Waals surface area contributed by atoms with Crippen molar-refractivity contribution in [1.82, 2.24) is 15.3 Å². The number of morpholine rings is 1. The number of amides is 1. The molecule has 2 heterocycles. The minimum Gasteiger partial charge on any atom is -0.378 e. The lowest BCUT2D eigenvalue weighted by Gasteiger charge is -2.30. The zero-order chi connectivity index (χ0) is 19.5. The molecule has 1 N–H and O–H groups in total. The molecule has 0 bridgehead atoms. The summed E-state index contributed by atoms with van der Waals surface area (Å²) >= 11 is 0. The molecule has 1 saturated heterocycles. The lowest BCUT2D eigenvalue weighted by Crippen LogP contribution is -2.38. The van der Waals surface area contributed by atoms with E-state index in [1.54, 1.807) is 6.07 Å². The molecule has 1 fully saturated rings. The number of anilines is 1.